The molecule has 0 aliphatic carbocycles. The maximum Gasteiger partial charge on any atom is 0.344 e. The summed E-state index contributed by atoms with van der Waals surface area (Å²) in [5.41, 5.74) is 5.49. The highest BCUT2D eigenvalue weighted by Crippen LogP contribution is 2.23. The number of ether oxygens (including phenoxy) is 1. The molecule has 0 spiro atoms. The van der Waals surface area contributed by atoms with E-state index in [1.54, 1.807) is 6.07 Å². The van der Waals surface area contributed by atoms with Crippen LogP contribution >= 0.6 is 0 Å². The fourth-order valence-electron chi connectivity index (χ4n) is 4.30. The first-order valence-electron chi connectivity index (χ1n) is 12.5. The first kappa shape index (κ1) is 25.9. The molecule has 2 atom stereocenters. The second-order valence-electron chi connectivity index (χ2n) is 9.71. The number of aliphatic carboxylic acids is 1. The minimum atomic E-state index is -1.01. The summed E-state index contributed by atoms with van der Waals surface area (Å²) >= 11 is 0. The van der Waals surface area contributed by atoms with Crippen LogP contribution in [0.15, 0.2) is 66.7 Å². The van der Waals surface area contributed by atoms with Crippen LogP contribution in [0.2, 0.25) is 0 Å². The third kappa shape index (κ3) is 6.00. The molecule has 1 aromatic heterocycles. The lowest BCUT2D eigenvalue weighted by Gasteiger charge is -2.16. The lowest BCUT2D eigenvalue weighted by molar-refractivity contribution is -0.144. The Balaban J connectivity index is 1.51. The number of nitrogens with zero attached hydrogens (tertiary/aromatic N) is 2. The van der Waals surface area contributed by atoms with Gasteiger partial charge in [-0.25, -0.2) is 9.78 Å². The molecular formula is C30H33N3O4. The van der Waals surface area contributed by atoms with Gasteiger partial charge in [0.25, 0.3) is 5.91 Å². The number of amides is 1. The van der Waals surface area contributed by atoms with Gasteiger partial charge in [-0.15, -0.1) is 0 Å². The van der Waals surface area contributed by atoms with Crippen molar-refractivity contribution >= 4 is 22.9 Å². The van der Waals surface area contributed by atoms with Crippen molar-refractivity contribution < 1.29 is 19.4 Å². The van der Waals surface area contributed by atoms with Crippen LogP contribution in [0.5, 0.6) is 5.75 Å². The molecule has 7 nitrogen and oxygen atoms in total. The van der Waals surface area contributed by atoms with Gasteiger partial charge in [-0.1, -0.05) is 50.2 Å². The maximum absolute atomic E-state index is 13.0. The Morgan fingerprint density at radius 1 is 0.973 bits per heavy atom. The lowest BCUT2D eigenvalue weighted by atomic mass is 9.98. The molecule has 4 aromatic rings. The number of aryl methyl sites for hydroxylation is 1. The summed E-state index contributed by atoms with van der Waals surface area (Å²) < 4.78 is 7.57. The second-order valence-corrected chi connectivity index (χ2v) is 9.71. The Morgan fingerprint density at radius 2 is 1.70 bits per heavy atom. The Labute approximate surface area is 217 Å². The van der Waals surface area contributed by atoms with Crippen molar-refractivity contribution in [3.8, 4) is 5.75 Å². The van der Waals surface area contributed by atoms with Gasteiger partial charge in [-0.3, -0.25) is 4.79 Å². The van der Waals surface area contributed by atoms with Crippen LogP contribution in [-0.4, -0.2) is 32.6 Å². The molecule has 0 unspecified atom stereocenters. The fraction of sp³-hybridized carbons (Fsp3) is 0.300. The highest BCUT2D eigenvalue weighted by molar-refractivity contribution is 5.97. The van der Waals surface area contributed by atoms with Gasteiger partial charge in [0.2, 0.25) is 0 Å². The van der Waals surface area contributed by atoms with E-state index in [9.17, 15) is 9.59 Å². The predicted octanol–water partition coefficient (Wildman–Crippen LogP) is 5.86. The van der Waals surface area contributed by atoms with E-state index in [1.807, 2.05) is 62.4 Å². The SMILES string of the molecule is Cc1nc2cc(C(=O)N[C@@H](C)c3cccc(C(C)C)c3)ccc2n1Cc1cccc(O[C@@H](C)C(=O)O)c1. The quantitative estimate of drug-likeness (QED) is 0.301. The fourth-order valence-corrected chi connectivity index (χ4v) is 4.30. The highest BCUT2D eigenvalue weighted by atomic mass is 16.5. The van der Waals surface area contributed by atoms with Gasteiger partial charge in [-0.2, -0.15) is 0 Å². The molecule has 0 fully saturated rings. The Hall–Kier alpha value is -4.13. The smallest absolute Gasteiger partial charge is 0.344 e. The molecule has 0 radical (unpaired) electrons. The average Bonchev–Trinajstić information content (AvgIpc) is 3.18. The molecule has 0 bridgehead atoms. The van der Waals surface area contributed by atoms with Gasteiger partial charge in [0.05, 0.1) is 17.1 Å². The zero-order chi connectivity index (χ0) is 26.7. The van der Waals surface area contributed by atoms with Crippen LogP contribution in [0.4, 0.5) is 0 Å². The summed E-state index contributed by atoms with van der Waals surface area (Å²) in [5, 5.41) is 12.2. The molecule has 1 heterocycles. The molecule has 7 heteroatoms. The zero-order valence-electron chi connectivity index (χ0n) is 21.9. The summed E-state index contributed by atoms with van der Waals surface area (Å²) in [6.45, 7) is 10.3. The van der Waals surface area contributed by atoms with Crippen molar-refractivity contribution in [3.05, 3.63) is 94.8 Å². The third-order valence-corrected chi connectivity index (χ3v) is 6.53. The zero-order valence-corrected chi connectivity index (χ0v) is 21.9. The Morgan fingerprint density at radius 3 is 2.43 bits per heavy atom. The number of benzene rings is 3. The van der Waals surface area contributed by atoms with Gasteiger partial charge in [0.1, 0.15) is 11.6 Å². The monoisotopic (exact) mass is 499 g/mol. The summed E-state index contributed by atoms with van der Waals surface area (Å²) in [5.74, 6) is 0.583. The van der Waals surface area contributed by atoms with Crippen molar-refractivity contribution in [2.24, 2.45) is 0 Å². The van der Waals surface area contributed by atoms with Gasteiger partial charge >= 0.3 is 5.97 Å². The molecular weight excluding hydrogens is 466 g/mol. The van der Waals surface area contributed by atoms with Crippen LogP contribution in [-0.2, 0) is 11.3 Å². The summed E-state index contributed by atoms with van der Waals surface area (Å²) in [6, 6.07) is 21.1. The van der Waals surface area contributed by atoms with E-state index in [2.05, 4.69) is 40.8 Å². The minimum absolute atomic E-state index is 0.125. The van der Waals surface area contributed by atoms with Crippen molar-refractivity contribution in [2.75, 3.05) is 0 Å². The lowest BCUT2D eigenvalue weighted by Crippen LogP contribution is -2.26. The number of carboxylic acid groups (broad SMARTS) is 1. The number of hydrogen-bond donors (Lipinski definition) is 2. The van der Waals surface area contributed by atoms with Crippen molar-refractivity contribution in [1.82, 2.24) is 14.9 Å². The van der Waals surface area contributed by atoms with E-state index in [1.165, 1.54) is 12.5 Å². The number of aromatic nitrogens is 2. The average molecular weight is 500 g/mol. The van der Waals surface area contributed by atoms with Crippen molar-refractivity contribution in [1.29, 1.82) is 0 Å². The standard InChI is InChI=1S/C30H33N3O4/c1-18(2)23-9-7-10-24(15-23)19(3)31-29(34)25-12-13-28-27(16-25)32-21(5)33(28)17-22-8-6-11-26(14-22)37-20(4)30(35)36/h6-16,18-20H,17H2,1-5H3,(H,31,34)(H,35,36)/t19-,20-/m0/s1. The van der Waals surface area contributed by atoms with E-state index < -0.39 is 12.1 Å². The minimum Gasteiger partial charge on any atom is -0.479 e. The molecule has 4 rings (SSSR count). The Bertz CT molecular complexity index is 1440. The van der Waals surface area contributed by atoms with Crippen LogP contribution in [0, 0.1) is 6.92 Å². The number of carbonyl (C=O) groups is 2. The number of nitrogens with one attached hydrogen (secondary N) is 1. The maximum atomic E-state index is 13.0. The van der Waals surface area contributed by atoms with Crippen molar-refractivity contribution in [2.45, 2.75) is 59.2 Å². The molecule has 192 valence electrons. The summed E-state index contributed by atoms with van der Waals surface area (Å²) in [4.78, 5) is 28.8. The van der Waals surface area contributed by atoms with Crippen LogP contribution in [0.3, 0.4) is 0 Å². The number of fused-ring (bicyclic) bond motifs is 1. The normalized spacial score (nSPS) is 12.9. The number of hydrogen-bond acceptors (Lipinski definition) is 4. The van der Waals surface area contributed by atoms with Crippen LogP contribution in [0.25, 0.3) is 11.0 Å². The second kappa shape index (κ2) is 10.9. The third-order valence-electron chi connectivity index (χ3n) is 6.53. The van der Waals surface area contributed by atoms with E-state index >= 15 is 0 Å². The van der Waals surface area contributed by atoms with Gasteiger partial charge in [-0.05, 0) is 73.7 Å². The molecule has 37 heavy (non-hydrogen) atoms. The van der Waals surface area contributed by atoms with E-state index in [-0.39, 0.29) is 11.9 Å². The molecule has 0 saturated heterocycles. The predicted molar refractivity (Wildman–Crippen MR) is 144 cm³/mol. The van der Waals surface area contributed by atoms with E-state index in [0.29, 0.717) is 23.8 Å². The first-order chi connectivity index (χ1) is 17.6. The molecule has 1 amide bonds. The number of carboxylic acids is 1. The summed E-state index contributed by atoms with van der Waals surface area (Å²) in [6.07, 6.45) is -0.933. The van der Waals surface area contributed by atoms with Crippen molar-refractivity contribution in [3.63, 3.8) is 0 Å². The van der Waals surface area contributed by atoms with Gasteiger partial charge in [0.15, 0.2) is 6.10 Å². The first-order valence-corrected chi connectivity index (χ1v) is 12.5. The van der Waals surface area contributed by atoms with E-state index in [0.717, 1.165) is 28.0 Å². The topological polar surface area (TPSA) is 93.5 Å². The number of rotatable bonds is 9. The van der Waals surface area contributed by atoms with Gasteiger partial charge in [0, 0.05) is 12.1 Å². The number of carbonyl (C=O) groups excluding carboxylic acids is 1. The molecule has 0 aliphatic rings. The van der Waals surface area contributed by atoms with Gasteiger partial charge < -0.3 is 19.7 Å². The molecule has 0 aliphatic heterocycles. The molecule has 0 saturated carbocycles. The number of imidazole rings is 1. The molecule has 3 aromatic carbocycles. The van der Waals surface area contributed by atoms with Crippen LogP contribution in [0.1, 0.15) is 72.5 Å². The highest BCUT2D eigenvalue weighted by Gasteiger charge is 2.16. The molecule has 2 N–H and O–H groups in total. The largest absolute Gasteiger partial charge is 0.479 e. The Kier molecular flexibility index (Phi) is 7.62. The van der Waals surface area contributed by atoms with E-state index in [4.69, 9.17) is 9.84 Å². The summed E-state index contributed by atoms with van der Waals surface area (Å²) in [7, 11) is 0. The van der Waals surface area contributed by atoms with Crippen LogP contribution < -0.4 is 10.1 Å².